The summed E-state index contributed by atoms with van der Waals surface area (Å²) in [5, 5.41) is 2.60. The van der Waals surface area contributed by atoms with Crippen molar-refractivity contribution in [1.29, 1.82) is 0 Å². The highest BCUT2D eigenvalue weighted by Crippen LogP contribution is 2.53. The molecule has 0 unspecified atom stereocenters. The number of aryl methyl sites for hydroxylation is 1. The minimum absolute atomic E-state index is 0.0538. The maximum Gasteiger partial charge on any atom is 0.164 e. The summed E-state index contributed by atoms with van der Waals surface area (Å²) in [6.45, 7) is 6.88. The molecule has 2 aromatic heterocycles. The van der Waals surface area contributed by atoms with Crippen molar-refractivity contribution in [3.8, 4) is 51.0 Å². The highest BCUT2D eigenvalue weighted by Gasteiger charge is 2.37. The fourth-order valence-electron chi connectivity index (χ4n) is 7.39. The molecule has 4 nitrogen and oxygen atoms in total. The lowest BCUT2D eigenvalue weighted by Gasteiger charge is -2.21. The van der Waals surface area contributed by atoms with E-state index in [1.807, 2.05) is 60.7 Å². The molecule has 0 radical (unpaired) electrons. The van der Waals surface area contributed by atoms with Crippen LogP contribution in [0.15, 0.2) is 140 Å². The molecule has 224 valence electrons. The molecule has 0 bridgehead atoms. The van der Waals surface area contributed by atoms with Crippen molar-refractivity contribution in [3.63, 3.8) is 0 Å². The van der Waals surface area contributed by atoms with Crippen LogP contribution in [0, 0.1) is 6.92 Å². The summed E-state index contributed by atoms with van der Waals surface area (Å²) in [6, 6.07) is 49.2. The first kappa shape index (κ1) is 27.4. The second kappa shape index (κ2) is 10.3. The Labute approximate surface area is 274 Å². The molecule has 47 heavy (non-hydrogen) atoms. The molecule has 6 aromatic carbocycles. The Morgan fingerprint density at radius 3 is 1.70 bits per heavy atom. The summed E-state index contributed by atoms with van der Waals surface area (Å²) in [5.74, 6) is 1.97. The second-order valence-corrected chi connectivity index (χ2v) is 13.0. The van der Waals surface area contributed by atoms with E-state index in [4.69, 9.17) is 15.0 Å². The summed E-state index contributed by atoms with van der Waals surface area (Å²) in [4.78, 5) is 14.8. The van der Waals surface area contributed by atoms with Crippen LogP contribution in [0.2, 0.25) is 0 Å². The molecule has 0 N–H and O–H groups in total. The SMILES string of the molecule is Cc1ccc2c(c1)c1c3c(ccc1n2-c1ccc(-c2nc(-c4ccccc4)nc(-c4ccccc4)n2)cc1)C(C)(C)c1ccccc1-3. The molecule has 1 aliphatic rings. The minimum Gasteiger partial charge on any atom is -0.309 e. The Bertz CT molecular complexity index is 2420. The fraction of sp³-hybridized carbons (Fsp3) is 0.0930. The molecule has 9 rings (SSSR count). The molecule has 0 spiro atoms. The molecule has 1 aliphatic carbocycles. The van der Waals surface area contributed by atoms with Crippen LogP contribution in [-0.2, 0) is 5.41 Å². The van der Waals surface area contributed by atoms with Gasteiger partial charge >= 0.3 is 0 Å². The van der Waals surface area contributed by atoms with E-state index >= 15 is 0 Å². The molecule has 0 aliphatic heterocycles. The van der Waals surface area contributed by atoms with Gasteiger partial charge in [-0.3, -0.25) is 0 Å². The van der Waals surface area contributed by atoms with E-state index in [0.29, 0.717) is 17.5 Å². The summed E-state index contributed by atoms with van der Waals surface area (Å²) < 4.78 is 2.40. The maximum absolute atomic E-state index is 4.95. The lowest BCUT2D eigenvalue weighted by molar-refractivity contribution is 0.661. The van der Waals surface area contributed by atoms with Gasteiger partial charge in [-0.05, 0) is 71.6 Å². The van der Waals surface area contributed by atoms with Crippen LogP contribution in [0.1, 0.15) is 30.5 Å². The smallest absolute Gasteiger partial charge is 0.164 e. The van der Waals surface area contributed by atoms with Gasteiger partial charge in [-0.15, -0.1) is 0 Å². The molecule has 0 saturated carbocycles. The Balaban J connectivity index is 1.22. The Hall–Kier alpha value is -5.87. The number of fused-ring (bicyclic) bond motifs is 7. The van der Waals surface area contributed by atoms with Crippen LogP contribution in [0.4, 0.5) is 0 Å². The molecule has 0 atom stereocenters. The van der Waals surface area contributed by atoms with E-state index in [1.165, 1.54) is 49.6 Å². The van der Waals surface area contributed by atoms with Crippen LogP contribution < -0.4 is 0 Å². The van der Waals surface area contributed by atoms with Crippen molar-refractivity contribution >= 4 is 21.8 Å². The highest BCUT2D eigenvalue weighted by atomic mass is 15.0. The molecule has 2 heterocycles. The second-order valence-electron chi connectivity index (χ2n) is 13.0. The van der Waals surface area contributed by atoms with E-state index in [1.54, 1.807) is 0 Å². The average molecular weight is 605 g/mol. The third kappa shape index (κ3) is 4.25. The molecular formula is C43H32N4. The number of rotatable bonds is 4. The Morgan fingerprint density at radius 1 is 0.511 bits per heavy atom. The first-order chi connectivity index (χ1) is 23.0. The molecule has 0 amide bonds. The van der Waals surface area contributed by atoms with Crippen LogP contribution in [0.25, 0.3) is 72.8 Å². The number of hydrogen-bond acceptors (Lipinski definition) is 3. The van der Waals surface area contributed by atoms with Gasteiger partial charge in [0.1, 0.15) is 0 Å². The largest absolute Gasteiger partial charge is 0.309 e. The third-order valence-electron chi connectivity index (χ3n) is 9.71. The van der Waals surface area contributed by atoms with Gasteiger partial charge in [-0.25, -0.2) is 15.0 Å². The number of aromatic nitrogens is 4. The molecule has 0 saturated heterocycles. The number of hydrogen-bond donors (Lipinski definition) is 0. The Morgan fingerprint density at radius 2 is 1.06 bits per heavy atom. The zero-order chi connectivity index (χ0) is 31.7. The Kier molecular flexibility index (Phi) is 6.03. The zero-order valence-electron chi connectivity index (χ0n) is 26.6. The predicted molar refractivity (Wildman–Crippen MR) is 193 cm³/mol. The van der Waals surface area contributed by atoms with Gasteiger partial charge in [0, 0.05) is 38.6 Å². The number of nitrogens with zero attached hydrogens (tertiary/aromatic N) is 4. The number of benzene rings is 6. The van der Waals surface area contributed by atoms with Gasteiger partial charge in [0.15, 0.2) is 17.5 Å². The molecular weight excluding hydrogens is 573 g/mol. The fourth-order valence-corrected chi connectivity index (χ4v) is 7.39. The quantitative estimate of drug-likeness (QED) is 0.201. The predicted octanol–water partition coefficient (Wildman–Crippen LogP) is 10.6. The average Bonchev–Trinajstić information content (AvgIpc) is 3.57. The van der Waals surface area contributed by atoms with Gasteiger partial charge < -0.3 is 4.57 Å². The van der Waals surface area contributed by atoms with E-state index in [2.05, 4.69) is 104 Å². The maximum atomic E-state index is 4.95. The van der Waals surface area contributed by atoms with Crippen molar-refractivity contribution < 1.29 is 0 Å². The van der Waals surface area contributed by atoms with Crippen molar-refractivity contribution in [2.45, 2.75) is 26.2 Å². The van der Waals surface area contributed by atoms with Crippen LogP contribution in [0.3, 0.4) is 0 Å². The topological polar surface area (TPSA) is 43.6 Å². The van der Waals surface area contributed by atoms with Crippen LogP contribution in [0.5, 0.6) is 0 Å². The van der Waals surface area contributed by atoms with Crippen molar-refractivity contribution in [3.05, 3.63) is 156 Å². The lowest BCUT2D eigenvalue weighted by Crippen LogP contribution is -2.14. The first-order valence-corrected chi connectivity index (χ1v) is 16.1. The van der Waals surface area contributed by atoms with Gasteiger partial charge in [-0.2, -0.15) is 0 Å². The van der Waals surface area contributed by atoms with Crippen molar-refractivity contribution in [1.82, 2.24) is 19.5 Å². The monoisotopic (exact) mass is 604 g/mol. The minimum atomic E-state index is -0.0538. The standard InChI is InChI=1S/C43H32N4/c1-27-18-24-36-33(26-27)39-37(25-23-35-38(39)32-16-10-11-17-34(32)43(35,2)3)47(36)31-21-19-30(20-22-31)42-45-40(28-12-6-4-7-13-28)44-41(46-42)29-14-8-5-9-15-29/h4-26H,1-3H3. The van der Waals surface area contributed by atoms with Gasteiger partial charge in [0.2, 0.25) is 0 Å². The van der Waals surface area contributed by atoms with E-state index in [9.17, 15) is 0 Å². The first-order valence-electron chi connectivity index (χ1n) is 16.1. The van der Waals surface area contributed by atoms with Gasteiger partial charge in [0.25, 0.3) is 0 Å². The normalized spacial score (nSPS) is 13.2. The van der Waals surface area contributed by atoms with Crippen molar-refractivity contribution in [2.75, 3.05) is 0 Å². The summed E-state index contributed by atoms with van der Waals surface area (Å²) in [7, 11) is 0. The van der Waals surface area contributed by atoms with E-state index < -0.39 is 0 Å². The summed E-state index contributed by atoms with van der Waals surface area (Å²) in [5.41, 5.74) is 13.1. The van der Waals surface area contributed by atoms with E-state index in [0.717, 1.165) is 22.4 Å². The summed E-state index contributed by atoms with van der Waals surface area (Å²) >= 11 is 0. The zero-order valence-corrected chi connectivity index (χ0v) is 26.6. The molecule has 0 fully saturated rings. The molecule has 4 heteroatoms. The van der Waals surface area contributed by atoms with Gasteiger partial charge in [0.05, 0.1) is 11.0 Å². The lowest BCUT2D eigenvalue weighted by atomic mass is 9.82. The van der Waals surface area contributed by atoms with Gasteiger partial charge in [-0.1, -0.05) is 116 Å². The van der Waals surface area contributed by atoms with E-state index in [-0.39, 0.29) is 5.41 Å². The highest BCUT2D eigenvalue weighted by molar-refractivity contribution is 6.18. The molecule has 8 aromatic rings. The third-order valence-corrected chi connectivity index (χ3v) is 9.71. The summed E-state index contributed by atoms with van der Waals surface area (Å²) in [6.07, 6.45) is 0. The van der Waals surface area contributed by atoms with Crippen LogP contribution >= 0.6 is 0 Å². The van der Waals surface area contributed by atoms with Crippen LogP contribution in [-0.4, -0.2) is 19.5 Å². The van der Waals surface area contributed by atoms with Crippen molar-refractivity contribution in [2.24, 2.45) is 0 Å².